The molecule has 3 N–H and O–H groups in total. The molecule has 23 heavy (non-hydrogen) atoms. The van der Waals surface area contributed by atoms with E-state index in [9.17, 15) is 19.0 Å². The van der Waals surface area contributed by atoms with Crippen LogP contribution in [0, 0.1) is 0 Å². The maximum atomic E-state index is 11.3. The summed E-state index contributed by atoms with van der Waals surface area (Å²) in [5, 5.41) is 10.4. The van der Waals surface area contributed by atoms with Gasteiger partial charge in [0.15, 0.2) is 0 Å². The summed E-state index contributed by atoms with van der Waals surface area (Å²) < 4.78 is 32.0. The van der Waals surface area contributed by atoms with Crippen LogP contribution in [0.15, 0.2) is 28.8 Å². The highest BCUT2D eigenvalue weighted by atomic mass is 32.3. The van der Waals surface area contributed by atoms with Gasteiger partial charge in [0.05, 0.1) is 5.75 Å². The Labute approximate surface area is 133 Å². The smallest absolute Gasteiger partial charge is 0.308 e. The van der Waals surface area contributed by atoms with Crippen LogP contribution in [0.4, 0.5) is 5.88 Å². The molecule has 1 aliphatic rings. The summed E-state index contributed by atoms with van der Waals surface area (Å²) in [6, 6.07) is 5.02. The molecule has 0 aliphatic carbocycles. The first kappa shape index (κ1) is 15.7. The van der Waals surface area contributed by atoms with E-state index in [4.69, 9.17) is 9.15 Å². The van der Waals surface area contributed by atoms with Gasteiger partial charge in [0.2, 0.25) is 17.3 Å². The van der Waals surface area contributed by atoms with Crippen LogP contribution in [0.2, 0.25) is 0 Å². The summed E-state index contributed by atoms with van der Waals surface area (Å²) in [5.74, 6) is -1.20. The van der Waals surface area contributed by atoms with Crippen LogP contribution in [0.25, 0.3) is 11.5 Å². The molecule has 2 aromatic heterocycles. The third-order valence-corrected chi connectivity index (χ3v) is 5.22. The molecule has 2 aromatic rings. The molecule has 0 aromatic carbocycles. The van der Waals surface area contributed by atoms with Gasteiger partial charge < -0.3 is 14.3 Å². The molecule has 0 unspecified atom stereocenters. The van der Waals surface area contributed by atoms with Crippen LogP contribution in [-0.4, -0.2) is 37.5 Å². The Hall–Kier alpha value is -2.23. The van der Waals surface area contributed by atoms with Crippen LogP contribution in [0.5, 0.6) is 11.5 Å². The average Bonchev–Trinajstić information content (AvgIpc) is 3.00. The van der Waals surface area contributed by atoms with Gasteiger partial charge in [-0.1, -0.05) is 6.07 Å². The van der Waals surface area contributed by atoms with Crippen molar-refractivity contribution in [2.45, 2.75) is 13.3 Å². The fourth-order valence-electron chi connectivity index (χ4n) is 2.36. The van der Waals surface area contributed by atoms with Gasteiger partial charge in [0.1, 0.15) is 5.69 Å². The minimum absolute atomic E-state index is 0.000972. The van der Waals surface area contributed by atoms with Crippen molar-refractivity contribution >= 4 is 22.6 Å². The normalized spacial score (nSPS) is 18.0. The third kappa shape index (κ3) is 2.85. The molecule has 0 atom stereocenters. The number of rotatable bonds is 3. The number of ether oxygens (including phenoxy) is 1. The topological polar surface area (TPSA) is 116 Å². The maximum absolute atomic E-state index is 11.3. The van der Waals surface area contributed by atoms with E-state index in [-0.39, 0.29) is 23.1 Å². The van der Waals surface area contributed by atoms with E-state index in [1.165, 1.54) is 17.4 Å². The van der Waals surface area contributed by atoms with E-state index in [2.05, 4.69) is 4.98 Å². The molecule has 3 rings (SSSR count). The maximum Gasteiger partial charge on any atom is 0.308 e. The standard InChI is InChI=1S/C14H16N2O6S/c1-9(17)21-13-11(18)12(10-5-2-3-6-15-10)22-14(13)16-7-4-8-23(16,19)20/h2-3,5-6,18-20H,4,7-8H2,1H3. The number of hydrogen-bond acceptors (Lipinski definition) is 8. The monoisotopic (exact) mass is 340 g/mol. The van der Waals surface area contributed by atoms with Gasteiger partial charge >= 0.3 is 5.97 Å². The van der Waals surface area contributed by atoms with Gasteiger partial charge in [0.25, 0.3) is 5.88 Å². The number of carbonyl (C=O) groups excluding carboxylic acids is 1. The first-order valence-corrected chi connectivity index (χ1v) is 8.56. The molecule has 8 nitrogen and oxygen atoms in total. The third-order valence-electron chi connectivity index (χ3n) is 3.33. The highest BCUT2D eigenvalue weighted by molar-refractivity contribution is 8.25. The van der Waals surface area contributed by atoms with Crippen molar-refractivity contribution in [3.63, 3.8) is 0 Å². The predicted molar refractivity (Wildman–Crippen MR) is 84.6 cm³/mol. The minimum atomic E-state index is -3.07. The van der Waals surface area contributed by atoms with E-state index < -0.39 is 22.5 Å². The Morgan fingerprint density at radius 1 is 1.43 bits per heavy atom. The molecule has 124 valence electrons. The zero-order valence-electron chi connectivity index (χ0n) is 12.3. The number of pyridine rings is 1. The minimum Gasteiger partial charge on any atom is -0.501 e. The lowest BCUT2D eigenvalue weighted by atomic mass is 10.2. The van der Waals surface area contributed by atoms with Crippen molar-refractivity contribution in [2.24, 2.45) is 0 Å². The van der Waals surface area contributed by atoms with Crippen LogP contribution >= 0.6 is 10.8 Å². The van der Waals surface area contributed by atoms with Crippen LogP contribution in [0.1, 0.15) is 13.3 Å². The molecule has 0 bridgehead atoms. The highest BCUT2D eigenvalue weighted by Gasteiger charge is 2.37. The van der Waals surface area contributed by atoms with Gasteiger partial charge in [-0.2, -0.15) is 0 Å². The number of furan rings is 1. The molecule has 0 saturated carbocycles. The lowest BCUT2D eigenvalue weighted by Crippen LogP contribution is -2.22. The van der Waals surface area contributed by atoms with Gasteiger partial charge in [-0.3, -0.25) is 18.9 Å². The van der Waals surface area contributed by atoms with Crippen molar-refractivity contribution in [1.82, 2.24) is 4.98 Å². The van der Waals surface area contributed by atoms with Crippen molar-refractivity contribution in [1.29, 1.82) is 0 Å². The molecular weight excluding hydrogens is 324 g/mol. The largest absolute Gasteiger partial charge is 0.501 e. The van der Waals surface area contributed by atoms with Crippen LogP contribution in [0.3, 0.4) is 0 Å². The van der Waals surface area contributed by atoms with Crippen LogP contribution < -0.4 is 9.04 Å². The van der Waals surface area contributed by atoms with E-state index in [1.54, 1.807) is 18.2 Å². The fourth-order valence-corrected chi connectivity index (χ4v) is 3.90. The quantitative estimate of drug-likeness (QED) is 0.730. The predicted octanol–water partition coefficient (Wildman–Crippen LogP) is 2.85. The van der Waals surface area contributed by atoms with Crippen molar-refractivity contribution in [2.75, 3.05) is 16.6 Å². The molecule has 9 heteroatoms. The Bertz CT molecular complexity index is 730. The number of nitrogens with zero attached hydrogens (tertiary/aromatic N) is 2. The van der Waals surface area contributed by atoms with Crippen LogP contribution in [-0.2, 0) is 4.79 Å². The zero-order chi connectivity index (χ0) is 16.6. The molecule has 3 heterocycles. The second kappa shape index (κ2) is 5.76. The SMILES string of the molecule is CC(=O)Oc1c(N2CCCS2(O)O)oc(-c2ccccn2)c1O. The lowest BCUT2D eigenvalue weighted by molar-refractivity contribution is -0.132. The summed E-state index contributed by atoms with van der Waals surface area (Å²) >= 11 is 0. The number of hydrogen-bond donors (Lipinski definition) is 3. The number of carbonyl (C=O) groups is 1. The number of aromatic hydroxyl groups is 1. The molecular formula is C14H16N2O6S. The molecule has 1 fully saturated rings. The van der Waals surface area contributed by atoms with Gasteiger partial charge in [-0.05, 0) is 18.6 Å². The summed E-state index contributed by atoms with van der Waals surface area (Å²) in [6.45, 7) is 1.49. The Morgan fingerprint density at radius 2 is 2.22 bits per heavy atom. The molecule has 1 saturated heterocycles. The molecule has 0 amide bonds. The van der Waals surface area contributed by atoms with Crippen molar-refractivity contribution < 1.29 is 28.2 Å². The summed E-state index contributed by atoms with van der Waals surface area (Å²) in [4.78, 5) is 15.4. The summed E-state index contributed by atoms with van der Waals surface area (Å²) in [7, 11) is -3.07. The Kier molecular flexibility index (Phi) is 3.92. The summed E-state index contributed by atoms with van der Waals surface area (Å²) in [6.07, 6.45) is 2.06. The lowest BCUT2D eigenvalue weighted by Gasteiger charge is -2.36. The first-order valence-electron chi connectivity index (χ1n) is 6.89. The number of aromatic nitrogens is 1. The highest BCUT2D eigenvalue weighted by Crippen LogP contribution is 2.57. The van der Waals surface area contributed by atoms with Crippen molar-refractivity contribution in [3.05, 3.63) is 24.4 Å². The summed E-state index contributed by atoms with van der Waals surface area (Å²) in [5.41, 5.74) is 0.334. The van der Waals surface area contributed by atoms with Gasteiger partial charge in [0, 0.05) is 19.7 Å². The van der Waals surface area contributed by atoms with E-state index in [0.717, 1.165) is 0 Å². The molecule has 0 radical (unpaired) electrons. The van der Waals surface area contributed by atoms with E-state index >= 15 is 0 Å². The average molecular weight is 340 g/mol. The second-order valence-corrected chi connectivity index (χ2v) is 7.13. The number of anilines is 1. The number of esters is 1. The van der Waals surface area contributed by atoms with E-state index in [1.807, 2.05) is 0 Å². The molecule has 0 spiro atoms. The molecule has 1 aliphatic heterocycles. The Balaban J connectivity index is 2.13. The van der Waals surface area contributed by atoms with E-state index in [0.29, 0.717) is 18.7 Å². The second-order valence-electron chi connectivity index (χ2n) is 5.01. The first-order chi connectivity index (χ1) is 10.9. The fraction of sp³-hybridized carbons (Fsp3) is 0.286. The zero-order valence-corrected chi connectivity index (χ0v) is 13.1. The Morgan fingerprint density at radius 3 is 2.78 bits per heavy atom. The van der Waals surface area contributed by atoms with Gasteiger partial charge in [-0.25, -0.2) is 4.31 Å². The van der Waals surface area contributed by atoms with Crippen molar-refractivity contribution in [3.8, 4) is 23.0 Å². The van der Waals surface area contributed by atoms with Gasteiger partial charge in [-0.15, -0.1) is 10.8 Å².